The molecule has 5 heterocycles. The molecule has 97 heavy (non-hydrogen) atoms. The Morgan fingerprint density at radius 1 is 0.495 bits per heavy atom. The van der Waals surface area contributed by atoms with E-state index in [1.165, 1.54) is 89.0 Å². The second-order valence-electron chi connectivity index (χ2n) is 27.2. The van der Waals surface area contributed by atoms with E-state index in [2.05, 4.69) is 199 Å². The van der Waals surface area contributed by atoms with Crippen LogP contribution < -0.4 is 23.7 Å². The Kier molecular flexibility index (Phi) is 27.0. The highest BCUT2D eigenvalue weighted by Gasteiger charge is 2.38. The molecule has 514 valence electrons. The number of carbonyl (C=O) groups excluding carboxylic acids is 2. The monoisotopic (exact) mass is 1440 g/mol. The quantitative estimate of drug-likeness (QED) is 0.0910. The van der Waals surface area contributed by atoms with Gasteiger partial charge >= 0.3 is 0 Å². The van der Waals surface area contributed by atoms with Crippen molar-refractivity contribution in [1.29, 1.82) is 0 Å². The highest BCUT2D eigenvalue weighted by molar-refractivity contribution is 8.01. The zero-order chi connectivity index (χ0) is 69.8. The molecule has 0 N–H and O–H groups in total. The molecule has 0 radical (unpaired) electrons. The highest BCUT2D eigenvalue weighted by Crippen LogP contribution is 2.53. The van der Waals surface area contributed by atoms with Crippen LogP contribution >= 0.6 is 82.0 Å². The van der Waals surface area contributed by atoms with Gasteiger partial charge in [-0.3, -0.25) is 9.59 Å². The van der Waals surface area contributed by atoms with Gasteiger partial charge in [-0.2, -0.15) is 0 Å². The summed E-state index contributed by atoms with van der Waals surface area (Å²) in [6, 6.07) is 52.5. The Morgan fingerprint density at radius 2 is 0.928 bits per heavy atom. The first-order chi connectivity index (χ1) is 46.2. The smallest absolute Gasteiger partial charge is 0.250 e. The number of Topliss-reactive ketones (excluding diaryl/α,β-unsaturated/α-hetero) is 2. The largest absolute Gasteiger partial charge is 0.471 e. The number of fused-ring (bicyclic) bond motifs is 5. The van der Waals surface area contributed by atoms with Crippen LogP contribution in [0.25, 0.3) is 0 Å². The van der Waals surface area contributed by atoms with Gasteiger partial charge in [0.05, 0.1) is 10.5 Å². The van der Waals surface area contributed by atoms with Crippen LogP contribution in [0.15, 0.2) is 152 Å². The van der Waals surface area contributed by atoms with Crippen molar-refractivity contribution in [2.75, 3.05) is 6.61 Å². The van der Waals surface area contributed by atoms with Gasteiger partial charge in [-0.15, -0.1) is 11.8 Å². The van der Waals surface area contributed by atoms with Crippen molar-refractivity contribution in [2.45, 2.75) is 183 Å². The molecule has 0 aliphatic carbocycles. The molecular formula is C82H94Cl2O8S5. The van der Waals surface area contributed by atoms with Gasteiger partial charge in [0, 0.05) is 57.2 Å². The third-order valence-corrected chi connectivity index (χ3v) is 22.9. The van der Waals surface area contributed by atoms with Crippen LogP contribution in [0.2, 0.25) is 0 Å². The lowest BCUT2D eigenvalue weighted by Gasteiger charge is -2.35. The molecule has 7 unspecified atom stereocenters. The Bertz CT molecular complexity index is 3990. The molecule has 15 heteroatoms. The minimum Gasteiger partial charge on any atom is -0.471 e. The number of benzene rings is 8. The first-order valence-corrected chi connectivity index (χ1v) is 39.3. The van der Waals surface area contributed by atoms with E-state index in [-0.39, 0.29) is 48.3 Å². The van der Waals surface area contributed by atoms with E-state index < -0.39 is 5.44 Å². The summed E-state index contributed by atoms with van der Waals surface area (Å²) in [6.07, 6.45) is 1.93. The number of carbonyl (C=O) groups is 2. The van der Waals surface area contributed by atoms with Gasteiger partial charge in [0.25, 0.3) is 0 Å². The number of hydrogen-bond acceptors (Lipinski definition) is 13. The Morgan fingerprint density at radius 3 is 1.44 bits per heavy atom. The van der Waals surface area contributed by atoms with Gasteiger partial charge in [-0.25, -0.2) is 0 Å². The third kappa shape index (κ3) is 20.3. The van der Waals surface area contributed by atoms with Crippen LogP contribution in [0.1, 0.15) is 178 Å². The predicted octanol–water partition coefficient (Wildman–Crippen LogP) is 23.1. The molecule has 0 saturated heterocycles. The number of thioether (sulfide) groups is 5. The summed E-state index contributed by atoms with van der Waals surface area (Å²) >= 11 is 20.4. The van der Waals surface area contributed by atoms with Crippen molar-refractivity contribution >= 4 is 93.6 Å². The Hall–Kier alpha value is -5.61. The minimum atomic E-state index is -0.568. The van der Waals surface area contributed by atoms with E-state index >= 15 is 0 Å². The number of halogens is 2. The summed E-state index contributed by atoms with van der Waals surface area (Å²) < 4.78 is 35.0. The summed E-state index contributed by atoms with van der Waals surface area (Å²) in [5, 5.41) is 0.282. The van der Waals surface area contributed by atoms with Crippen LogP contribution in [0.4, 0.5) is 0 Å². The summed E-state index contributed by atoms with van der Waals surface area (Å²) in [4.78, 5) is 24.1. The fourth-order valence-electron chi connectivity index (χ4n) is 12.4. The first-order valence-electron chi connectivity index (χ1n) is 33.4. The van der Waals surface area contributed by atoms with E-state index in [0.29, 0.717) is 24.0 Å². The van der Waals surface area contributed by atoms with E-state index in [1.54, 1.807) is 65.7 Å². The fraction of sp³-hybridized carbons (Fsp3) is 0.390. The summed E-state index contributed by atoms with van der Waals surface area (Å²) in [5.74, 6) is 8.76. The number of ether oxygens (including phenoxy) is 6. The zero-order valence-corrected chi connectivity index (χ0v) is 64.5. The van der Waals surface area contributed by atoms with Gasteiger partial charge in [-0.05, 0) is 137 Å². The van der Waals surface area contributed by atoms with Crippen molar-refractivity contribution in [1.82, 2.24) is 0 Å². The molecule has 7 atom stereocenters. The molecule has 0 spiro atoms. The first kappa shape index (κ1) is 75.6. The van der Waals surface area contributed by atoms with Crippen molar-refractivity contribution in [2.24, 2.45) is 11.8 Å². The summed E-state index contributed by atoms with van der Waals surface area (Å²) in [6.45, 7) is 34.6. The highest BCUT2D eigenvalue weighted by atomic mass is 35.5. The Balaban J connectivity index is 0.000000149. The molecule has 0 fully saturated rings. The molecule has 5 aliphatic rings. The number of rotatable bonds is 11. The topological polar surface area (TPSA) is 89.5 Å². The van der Waals surface area contributed by atoms with E-state index in [9.17, 15) is 9.59 Å². The SMILES string of the molecule is CC(=O)C1Oc2c(C)cc(C)cc2CS1.CC(C)Cc1cc(C(C)(C)C)cc2c1OC(C(=O)c1ccccc1)SC2c1ccccc1.CCOC1Oc2c(C)cc(C)cc2CS1.Cc1cc(C)c2c(c1)CSC(Cl)O2.Cc1cc(CC(C)C)c2c(c1)C(c1ccccc1)SC(Cl)O2. The maximum atomic E-state index is 13.4. The second-order valence-corrected chi connectivity index (χ2v) is 34.0. The van der Waals surface area contributed by atoms with Crippen molar-refractivity contribution in [3.05, 3.63) is 252 Å². The maximum Gasteiger partial charge on any atom is 0.250 e. The molecule has 8 aromatic carbocycles. The van der Waals surface area contributed by atoms with E-state index in [4.69, 9.17) is 51.6 Å². The third-order valence-electron chi connectivity index (χ3n) is 16.5. The van der Waals surface area contributed by atoms with Crippen LogP contribution in [0.5, 0.6) is 28.7 Å². The molecule has 5 aliphatic heterocycles. The average Bonchev–Trinajstić information content (AvgIpc) is 0.770. The van der Waals surface area contributed by atoms with E-state index in [0.717, 1.165) is 64.4 Å². The molecule has 0 amide bonds. The normalized spacial score (nSPS) is 19.4. The minimum absolute atomic E-state index is 0.0255. The lowest BCUT2D eigenvalue weighted by atomic mass is 9.82. The van der Waals surface area contributed by atoms with Gasteiger partial charge in [0.15, 0.2) is 5.78 Å². The van der Waals surface area contributed by atoms with E-state index in [1.807, 2.05) is 56.3 Å². The maximum absolute atomic E-state index is 13.4. The molecule has 13 rings (SSSR count). The Labute approximate surface area is 608 Å². The van der Waals surface area contributed by atoms with Crippen LogP contribution in [0.3, 0.4) is 0 Å². The predicted molar refractivity (Wildman–Crippen MR) is 414 cm³/mol. The van der Waals surface area contributed by atoms with Gasteiger partial charge in [-0.1, -0.05) is 293 Å². The van der Waals surface area contributed by atoms with Crippen LogP contribution in [-0.4, -0.2) is 44.5 Å². The molecular weight excluding hydrogens is 1340 g/mol. The lowest BCUT2D eigenvalue weighted by Crippen LogP contribution is -2.30. The van der Waals surface area contributed by atoms with Gasteiger partial charge < -0.3 is 28.4 Å². The van der Waals surface area contributed by atoms with Crippen LogP contribution in [-0.2, 0) is 45.0 Å². The number of ketones is 2. The van der Waals surface area contributed by atoms with Crippen molar-refractivity contribution in [3.8, 4) is 28.7 Å². The molecule has 0 bridgehead atoms. The molecule has 8 nitrogen and oxygen atoms in total. The van der Waals surface area contributed by atoms with Crippen LogP contribution in [0, 0.1) is 60.3 Å². The molecule has 0 saturated carbocycles. The fourth-order valence-corrected chi connectivity index (χ4v) is 17.9. The zero-order valence-electron chi connectivity index (χ0n) is 58.9. The second kappa shape index (κ2) is 34.6. The number of hydrogen-bond donors (Lipinski definition) is 0. The van der Waals surface area contributed by atoms with Gasteiger partial charge in [0.1, 0.15) is 28.7 Å². The number of alkyl halides is 2. The lowest BCUT2D eigenvalue weighted by molar-refractivity contribution is -0.120. The molecule has 8 aromatic rings. The average molecular weight is 1440 g/mol. The van der Waals surface area contributed by atoms with Crippen molar-refractivity contribution < 1.29 is 38.0 Å². The molecule has 0 aromatic heterocycles. The van der Waals surface area contributed by atoms with Crippen molar-refractivity contribution in [3.63, 3.8) is 0 Å². The standard InChI is InChI=1S/C29H32O2S.C19H21ClOS.C12H14O2S.C12H16O2S.C10H11ClOS/c1-19(2)16-22-17-23(29(3,4)5)18-24-26(22)31-28(25(30)20-12-8-6-9-13-20)32-27(24)21-14-10-7-11-15-21;1-12(2)9-15-10-13(3)11-16-17(15)21-19(20)22-18(16)14-7-5-4-6-8-14;1-7-4-8(2)11-10(5-7)6-15-12(14-11)9(3)13;1-4-13-12-14-11-9(3)5-8(2)6-10(11)7-15-12;1-6-3-7(2)9-8(4-6)5-13-10(11)12-9/h6-15,17-19,27-28H,16H2,1-5H3;4-8,10-12,18-19H,9H2,1-3H3;4-5,12H,6H2,1-3H3;5-6,12H,4,7H2,1-3H3;3-4,10H,5H2,1-2H3. The number of aryl methyl sites for hydroxylation is 7. The summed E-state index contributed by atoms with van der Waals surface area (Å²) in [5.41, 5.74) is 20.8. The summed E-state index contributed by atoms with van der Waals surface area (Å²) in [7, 11) is 0. The van der Waals surface area contributed by atoms with Gasteiger partial charge in [0.2, 0.25) is 32.1 Å².